The zero-order valence-corrected chi connectivity index (χ0v) is 19.8. The SMILES string of the molecule is COC(=O)c1ccccc1NC(=O)CN(c1ccc(C)cc1C)S(=O)(=O)c1ccc(C)cc1. The zero-order valence-electron chi connectivity index (χ0n) is 19.0. The highest BCUT2D eigenvalue weighted by Gasteiger charge is 2.28. The number of para-hydroxylation sites is 1. The Bertz CT molecular complexity index is 1280. The molecule has 0 fully saturated rings. The van der Waals surface area contributed by atoms with Crippen LogP contribution in [0.4, 0.5) is 11.4 Å². The third kappa shape index (κ3) is 5.40. The molecule has 3 aromatic rings. The molecule has 3 rings (SSSR count). The molecular formula is C25H26N2O5S. The number of aryl methyl sites for hydroxylation is 3. The van der Waals surface area contributed by atoms with Crippen LogP contribution in [0.1, 0.15) is 27.0 Å². The number of ether oxygens (including phenoxy) is 1. The number of rotatable bonds is 7. The molecule has 0 spiro atoms. The number of nitrogens with one attached hydrogen (secondary N) is 1. The van der Waals surface area contributed by atoms with Gasteiger partial charge in [0.25, 0.3) is 10.0 Å². The Kier molecular flexibility index (Phi) is 7.18. The van der Waals surface area contributed by atoms with Crippen LogP contribution in [0.2, 0.25) is 0 Å². The van der Waals surface area contributed by atoms with Gasteiger partial charge in [0, 0.05) is 0 Å². The van der Waals surface area contributed by atoms with E-state index in [0.29, 0.717) is 11.3 Å². The number of benzene rings is 3. The van der Waals surface area contributed by atoms with Crippen LogP contribution < -0.4 is 9.62 Å². The Balaban J connectivity index is 2.00. The molecule has 8 heteroatoms. The number of hydrogen-bond acceptors (Lipinski definition) is 5. The maximum absolute atomic E-state index is 13.6. The second kappa shape index (κ2) is 9.87. The highest BCUT2D eigenvalue weighted by molar-refractivity contribution is 7.92. The van der Waals surface area contributed by atoms with E-state index in [1.54, 1.807) is 49.4 Å². The Labute approximate surface area is 194 Å². The predicted octanol–water partition coefficient (Wildman–Crippen LogP) is 4.23. The van der Waals surface area contributed by atoms with Crippen LogP contribution in [-0.2, 0) is 19.6 Å². The van der Waals surface area contributed by atoms with E-state index >= 15 is 0 Å². The predicted molar refractivity (Wildman–Crippen MR) is 128 cm³/mol. The minimum Gasteiger partial charge on any atom is -0.465 e. The van der Waals surface area contributed by atoms with E-state index in [1.807, 2.05) is 19.9 Å². The lowest BCUT2D eigenvalue weighted by Crippen LogP contribution is -2.38. The highest BCUT2D eigenvalue weighted by atomic mass is 32.2. The fourth-order valence-electron chi connectivity index (χ4n) is 3.42. The summed E-state index contributed by atoms with van der Waals surface area (Å²) in [6.07, 6.45) is 0. The van der Waals surface area contributed by atoms with Crippen LogP contribution in [0.15, 0.2) is 71.6 Å². The summed E-state index contributed by atoms with van der Waals surface area (Å²) >= 11 is 0. The molecule has 3 aromatic carbocycles. The van der Waals surface area contributed by atoms with Crippen molar-refractivity contribution in [2.45, 2.75) is 25.7 Å². The lowest BCUT2D eigenvalue weighted by molar-refractivity contribution is -0.114. The fourth-order valence-corrected chi connectivity index (χ4v) is 4.91. The van der Waals surface area contributed by atoms with Crippen molar-refractivity contribution in [3.8, 4) is 0 Å². The third-order valence-electron chi connectivity index (χ3n) is 5.12. The van der Waals surface area contributed by atoms with Crippen LogP contribution in [-0.4, -0.2) is 33.9 Å². The first-order valence-corrected chi connectivity index (χ1v) is 11.7. The Hall–Kier alpha value is -3.65. The number of amides is 1. The average molecular weight is 467 g/mol. The maximum atomic E-state index is 13.6. The van der Waals surface area contributed by atoms with E-state index in [2.05, 4.69) is 5.32 Å². The van der Waals surface area contributed by atoms with Crippen molar-refractivity contribution in [3.05, 3.63) is 89.0 Å². The molecule has 0 unspecified atom stereocenters. The van der Waals surface area contributed by atoms with Crippen molar-refractivity contribution >= 4 is 33.3 Å². The monoisotopic (exact) mass is 466 g/mol. The quantitative estimate of drug-likeness (QED) is 0.526. The van der Waals surface area contributed by atoms with Crippen LogP contribution in [0, 0.1) is 20.8 Å². The summed E-state index contributed by atoms with van der Waals surface area (Å²) in [5.74, 6) is -1.20. The van der Waals surface area contributed by atoms with Gasteiger partial charge in [-0.1, -0.05) is 47.5 Å². The largest absolute Gasteiger partial charge is 0.465 e. The third-order valence-corrected chi connectivity index (χ3v) is 6.90. The lowest BCUT2D eigenvalue weighted by Gasteiger charge is -2.26. The molecule has 0 saturated heterocycles. The molecule has 0 aliphatic heterocycles. The molecule has 0 aromatic heterocycles. The Morgan fingerprint density at radius 1 is 0.909 bits per heavy atom. The Morgan fingerprint density at radius 2 is 1.55 bits per heavy atom. The minimum atomic E-state index is -4.04. The molecule has 0 atom stereocenters. The molecule has 0 saturated carbocycles. The van der Waals surface area contributed by atoms with Crippen LogP contribution >= 0.6 is 0 Å². The average Bonchev–Trinajstić information content (AvgIpc) is 2.78. The van der Waals surface area contributed by atoms with Gasteiger partial charge in [-0.15, -0.1) is 0 Å². The van der Waals surface area contributed by atoms with E-state index in [-0.39, 0.29) is 16.1 Å². The number of carbonyl (C=O) groups excluding carboxylic acids is 2. The first kappa shape index (κ1) is 24.0. The van der Waals surface area contributed by atoms with Gasteiger partial charge in [-0.05, 0) is 56.7 Å². The summed E-state index contributed by atoms with van der Waals surface area (Å²) in [4.78, 5) is 25.1. The second-order valence-corrected chi connectivity index (χ2v) is 9.56. The van der Waals surface area contributed by atoms with E-state index in [0.717, 1.165) is 15.4 Å². The molecule has 0 heterocycles. The van der Waals surface area contributed by atoms with Crippen molar-refractivity contribution in [1.29, 1.82) is 0 Å². The number of esters is 1. The van der Waals surface area contributed by atoms with Crippen LogP contribution in [0.25, 0.3) is 0 Å². The van der Waals surface area contributed by atoms with Gasteiger partial charge in [-0.3, -0.25) is 9.10 Å². The van der Waals surface area contributed by atoms with Gasteiger partial charge in [-0.25, -0.2) is 13.2 Å². The number of anilines is 2. The molecule has 0 radical (unpaired) electrons. The van der Waals surface area contributed by atoms with Gasteiger partial charge in [-0.2, -0.15) is 0 Å². The van der Waals surface area contributed by atoms with E-state index in [9.17, 15) is 18.0 Å². The minimum absolute atomic E-state index is 0.0795. The summed E-state index contributed by atoms with van der Waals surface area (Å²) in [5.41, 5.74) is 3.42. The van der Waals surface area contributed by atoms with Gasteiger partial charge in [0.1, 0.15) is 6.54 Å². The number of nitrogens with zero attached hydrogens (tertiary/aromatic N) is 1. The van der Waals surface area contributed by atoms with Crippen molar-refractivity contribution in [2.24, 2.45) is 0 Å². The first-order valence-electron chi connectivity index (χ1n) is 10.3. The number of methoxy groups -OCH3 is 1. The number of sulfonamides is 1. The van der Waals surface area contributed by atoms with Crippen LogP contribution in [0.5, 0.6) is 0 Å². The first-order chi connectivity index (χ1) is 15.6. The molecule has 0 bridgehead atoms. The number of hydrogen-bond donors (Lipinski definition) is 1. The summed E-state index contributed by atoms with van der Waals surface area (Å²) in [6.45, 7) is 5.09. The summed E-state index contributed by atoms with van der Waals surface area (Å²) in [7, 11) is -2.80. The summed E-state index contributed by atoms with van der Waals surface area (Å²) in [6, 6.07) is 18.2. The van der Waals surface area contributed by atoms with Gasteiger partial charge < -0.3 is 10.1 Å². The smallest absolute Gasteiger partial charge is 0.339 e. The molecular weight excluding hydrogens is 440 g/mol. The topological polar surface area (TPSA) is 92.8 Å². The van der Waals surface area contributed by atoms with Crippen LogP contribution in [0.3, 0.4) is 0 Å². The van der Waals surface area contributed by atoms with Gasteiger partial charge in [0.05, 0.1) is 28.9 Å². The van der Waals surface area contributed by atoms with Gasteiger partial charge in [0.15, 0.2) is 0 Å². The van der Waals surface area contributed by atoms with E-state index < -0.39 is 28.4 Å². The standard InChI is InChI=1S/C25H26N2O5S/c1-17-9-12-20(13-10-17)33(30,31)27(23-14-11-18(2)15-19(23)3)16-24(28)26-22-8-6-5-7-21(22)25(29)32-4/h5-15H,16H2,1-4H3,(H,26,28). The molecule has 1 N–H and O–H groups in total. The molecule has 0 aliphatic rings. The fraction of sp³-hybridized carbons (Fsp3) is 0.200. The maximum Gasteiger partial charge on any atom is 0.339 e. The van der Waals surface area contributed by atoms with E-state index in [1.165, 1.54) is 25.3 Å². The summed E-state index contributed by atoms with van der Waals surface area (Å²) in [5, 5.41) is 2.64. The number of carbonyl (C=O) groups is 2. The Morgan fingerprint density at radius 3 is 2.18 bits per heavy atom. The van der Waals surface area contributed by atoms with Crippen molar-refractivity contribution in [3.63, 3.8) is 0 Å². The van der Waals surface area contributed by atoms with Crippen molar-refractivity contribution in [1.82, 2.24) is 0 Å². The molecule has 1 amide bonds. The highest BCUT2D eigenvalue weighted by Crippen LogP contribution is 2.28. The summed E-state index contributed by atoms with van der Waals surface area (Å²) < 4.78 is 33.0. The van der Waals surface area contributed by atoms with E-state index in [4.69, 9.17) is 4.74 Å². The van der Waals surface area contributed by atoms with Crippen molar-refractivity contribution in [2.75, 3.05) is 23.3 Å². The molecule has 0 aliphatic carbocycles. The van der Waals surface area contributed by atoms with Gasteiger partial charge in [0.2, 0.25) is 5.91 Å². The lowest BCUT2D eigenvalue weighted by atomic mass is 10.1. The van der Waals surface area contributed by atoms with Gasteiger partial charge >= 0.3 is 5.97 Å². The normalized spacial score (nSPS) is 11.0. The second-order valence-electron chi connectivity index (χ2n) is 7.70. The molecule has 7 nitrogen and oxygen atoms in total. The molecule has 33 heavy (non-hydrogen) atoms. The zero-order chi connectivity index (χ0) is 24.2. The molecule has 172 valence electrons. The van der Waals surface area contributed by atoms with Crippen molar-refractivity contribution < 1.29 is 22.7 Å².